The average Bonchev–Trinajstić information content (AvgIpc) is 3.09. The molecular formula is C21H22F4N8S. The minimum atomic E-state index is -4.79. The maximum Gasteiger partial charge on any atom is 0.453 e. The zero-order valence-corrected chi connectivity index (χ0v) is 19.3. The van der Waals surface area contributed by atoms with Gasteiger partial charge in [0.05, 0.1) is 12.9 Å². The first-order chi connectivity index (χ1) is 16.1. The first kappa shape index (κ1) is 24.0. The van der Waals surface area contributed by atoms with Crippen LogP contribution in [-0.2, 0) is 12.8 Å². The number of halogens is 4. The van der Waals surface area contributed by atoms with E-state index >= 15 is 0 Å². The topological polar surface area (TPSA) is 67.4 Å². The van der Waals surface area contributed by atoms with Gasteiger partial charge in [0.25, 0.3) is 5.82 Å². The third-order valence-electron chi connectivity index (χ3n) is 5.25. The Balaban J connectivity index is 1.52. The molecule has 2 aromatic heterocycles. The monoisotopic (exact) mass is 494 g/mol. The van der Waals surface area contributed by atoms with Crippen molar-refractivity contribution >= 4 is 24.4 Å². The van der Waals surface area contributed by atoms with Crippen LogP contribution in [0.4, 0.5) is 23.5 Å². The molecule has 1 aliphatic rings. The molecule has 0 spiro atoms. The lowest BCUT2D eigenvalue weighted by atomic mass is 10.2. The van der Waals surface area contributed by atoms with Crippen LogP contribution in [0, 0.1) is 24.4 Å². The van der Waals surface area contributed by atoms with Crippen molar-refractivity contribution in [3.8, 4) is 0 Å². The highest BCUT2D eigenvalue weighted by Crippen LogP contribution is 2.28. The predicted molar refractivity (Wildman–Crippen MR) is 121 cm³/mol. The zero-order chi connectivity index (χ0) is 24.5. The maximum atomic E-state index is 13.9. The van der Waals surface area contributed by atoms with Gasteiger partial charge >= 0.3 is 6.18 Å². The Labute approximate surface area is 198 Å². The number of aromatic nitrogens is 5. The van der Waals surface area contributed by atoms with E-state index in [4.69, 9.17) is 12.2 Å². The van der Waals surface area contributed by atoms with Gasteiger partial charge < -0.3 is 4.90 Å². The van der Waals surface area contributed by atoms with Crippen molar-refractivity contribution < 1.29 is 17.6 Å². The van der Waals surface area contributed by atoms with Gasteiger partial charge in [-0.1, -0.05) is 18.2 Å². The van der Waals surface area contributed by atoms with Gasteiger partial charge in [-0.25, -0.2) is 19.0 Å². The van der Waals surface area contributed by atoms with Gasteiger partial charge in [0.1, 0.15) is 5.82 Å². The molecule has 34 heavy (non-hydrogen) atoms. The van der Waals surface area contributed by atoms with Crippen molar-refractivity contribution in [1.82, 2.24) is 29.3 Å². The summed E-state index contributed by atoms with van der Waals surface area (Å²) in [7, 11) is 0. The molecule has 0 aliphatic carbocycles. The van der Waals surface area contributed by atoms with Crippen molar-refractivity contribution in [2.24, 2.45) is 5.10 Å². The molecule has 1 fully saturated rings. The van der Waals surface area contributed by atoms with Crippen molar-refractivity contribution in [1.29, 1.82) is 0 Å². The zero-order valence-electron chi connectivity index (χ0n) is 18.5. The largest absolute Gasteiger partial charge is 0.453 e. The fourth-order valence-corrected chi connectivity index (χ4v) is 3.83. The molecule has 0 bridgehead atoms. The predicted octanol–water partition coefficient (Wildman–Crippen LogP) is 3.64. The molecule has 1 saturated heterocycles. The van der Waals surface area contributed by atoms with E-state index in [0.717, 1.165) is 22.3 Å². The van der Waals surface area contributed by atoms with Crippen molar-refractivity contribution in [3.05, 3.63) is 63.7 Å². The highest BCUT2D eigenvalue weighted by atomic mass is 32.1. The lowest BCUT2D eigenvalue weighted by molar-refractivity contribution is -0.147. The van der Waals surface area contributed by atoms with Gasteiger partial charge in [0.15, 0.2) is 0 Å². The molecule has 0 radical (unpaired) electrons. The van der Waals surface area contributed by atoms with Crippen LogP contribution >= 0.6 is 12.2 Å². The van der Waals surface area contributed by atoms with Gasteiger partial charge in [0, 0.05) is 43.1 Å². The quantitative estimate of drug-likeness (QED) is 0.307. The highest BCUT2D eigenvalue weighted by Gasteiger charge is 2.39. The van der Waals surface area contributed by atoms with Gasteiger partial charge in [0.2, 0.25) is 10.7 Å². The number of aryl methyl sites for hydroxylation is 2. The summed E-state index contributed by atoms with van der Waals surface area (Å²) in [6, 6.07) is 7.52. The fraction of sp³-hybridized carbons (Fsp3) is 0.381. The Hall–Kier alpha value is -3.19. The molecule has 0 N–H and O–H groups in total. The molecule has 1 aromatic carbocycles. The van der Waals surface area contributed by atoms with Crippen LogP contribution in [0.5, 0.6) is 0 Å². The van der Waals surface area contributed by atoms with Crippen LogP contribution < -0.4 is 4.90 Å². The van der Waals surface area contributed by atoms with E-state index in [0.29, 0.717) is 36.8 Å². The summed E-state index contributed by atoms with van der Waals surface area (Å²) >= 11 is 5.23. The van der Waals surface area contributed by atoms with Gasteiger partial charge in [-0.3, -0.25) is 4.90 Å². The summed E-state index contributed by atoms with van der Waals surface area (Å²) in [4.78, 5) is 12.9. The lowest BCUT2D eigenvalue weighted by Gasteiger charge is -2.34. The van der Waals surface area contributed by atoms with Crippen LogP contribution in [0.25, 0.3) is 0 Å². The van der Waals surface area contributed by atoms with E-state index in [9.17, 15) is 17.6 Å². The summed E-state index contributed by atoms with van der Waals surface area (Å²) in [6.07, 6.45) is -3.79. The van der Waals surface area contributed by atoms with Crippen molar-refractivity contribution in [2.45, 2.75) is 26.7 Å². The lowest BCUT2D eigenvalue weighted by Crippen LogP contribution is -2.47. The second-order valence-corrected chi connectivity index (χ2v) is 8.24. The molecule has 1 aliphatic heterocycles. The van der Waals surface area contributed by atoms with Crippen LogP contribution in [0.1, 0.15) is 22.8 Å². The molecule has 13 heteroatoms. The first-order valence-electron chi connectivity index (χ1n) is 10.5. The highest BCUT2D eigenvalue weighted by molar-refractivity contribution is 7.71. The number of hydrogen-bond donors (Lipinski definition) is 0. The summed E-state index contributed by atoms with van der Waals surface area (Å²) < 4.78 is 56.0. The normalized spacial score (nSPS) is 15.4. The summed E-state index contributed by atoms with van der Waals surface area (Å²) in [5.74, 6) is -1.24. The van der Waals surface area contributed by atoms with Crippen molar-refractivity contribution in [3.63, 3.8) is 0 Å². The molecule has 4 rings (SSSR count). The summed E-state index contributed by atoms with van der Waals surface area (Å²) in [5.41, 5.74) is 1.78. The van der Waals surface area contributed by atoms with E-state index in [2.05, 4.69) is 20.2 Å². The van der Waals surface area contributed by atoms with Crippen LogP contribution in [0.15, 0.2) is 35.4 Å². The van der Waals surface area contributed by atoms with E-state index in [1.165, 1.54) is 18.2 Å². The average molecular weight is 495 g/mol. The maximum absolute atomic E-state index is 13.9. The number of rotatable bonds is 5. The molecular weight excluding hydrogens is 472 g/mol. The van der Waals surface area contributed by atoms with E-state index < -0.39 is 17.8 Å². The molecule has 0 saturated carbocycles. The van der Waals surface area contributed by atoms with Gasteiger partial charge in [-0.05, 0) is 38.2 Å². The van der Waals surface area contributed by atoms with Gasteiger partial charge in [-0.15, -0.1) is 5.10 Å². The summed E-state index contributed by atoms with van der Waals surface area (Å²) in [5, 5.41) is 7.46. The Morgan fingerprint density at radius 1 is 1.06 bits per heavy atom. The van der Waals surface area contributed by atoms with Crippen molar-refractivity contribution in [2.75, 3.05) is 31.1 Å². The fourth-order valence-electron chi connectivity index (χ4n) is 3.60. The van der Waals surface area contributed by atoms with E-state index in [-0.39, 0.29) is 17.0 Å². The Morgan fingerprint density at radius 2 is 1.71 bits per heavy atom. The Kier molecular flexibility index (Phi) is 6.75. The molecule has 0 amide bonds. The molecule has 3 aromatic rings. The number of nitrogens with zero attached hydrogens (tertiary/aromatic N) is 8. The molecule has 0 atom stereocenters. The number of piperazine rings is 1. The molecule has 8 nitrogen and oxygen atoms in total. The number of anilines is 1. The Morgan fingerprint density at radius 3 is 2.32 bits per heavy atom. The smallest absolute Gasteiger partial charge is 0.338 e. The number of hydrogen-bond acceptors (Lipinski definition) is 7. The van der Waals surface area contributed by atoms with E-state index in [1.807, 2.05) is 29.7 Å². The number of alkyl halides is 3. The summed E-state index contributed by atoms with van der Waals surface area (Å²) in [6.45, 7) is 6.20. The van der Waals surface area contributed by atoms with E-state index in [1.54, 1.807) is 6.07 Å². The second kappa shape index (κ2) is 9.58. The van der Waals surface area contributed by atoms with Crippen LogP contribution in [0.2, 0.25) is 0 Å². The molecule has 0 unspecified atom stereocenters. The second-order valence-electron chi connectivity index (χ2n) is 7.88. The van der Waals surface area contributed by atoms with Crippen LogP contribution in [-0.4, -0.2) is 61.7 Å². The van der Waals surface area contributed by atoms with Crippen LogP contribution in [0.3, 0.4) is 0 Å². The van der Waals surface area contributed by atoms with Gasteiger partial charge in [-0.2, -0.15) is 22.9 Å². The third kappa shape index (κ3) is 5.30. The Bertz CT molecular complexity index is 1240. The first-order valence-corrected chi connectivity index (χ1v) is 10.9. The molecule has 3 heterocycles. The standard InChI is InChI=1S/C21H22F4N8S/c1-14-11-15(2)28-19(27-14)31-9-7-30(8-10-31)13-32-20(34)33(18(29-32)21(23,24)25)26-12-16-5-3-4-6-17(16)22/h3-6,11-12H,7-10,13H2,1-2H3/b26-12+. The minimum absolute atomic E-state index is 0.0370. The SMILES string of the molecule is Cc1cc(C)nc(N2CCN(Cn3nc(C(F)(F)F)n(/N=C/c4ccccc4F)c3=S)CC2)n1. The number of benzene rings is 1. The minimum Gasteiger partial charge on any atom is -0.338 e. The molecule has 180 valence electrons. The third-order valence-corrected chi connectivity index (χ3v) is 5.63.